The standard InChI is InChI=1S/C23H23FN2O5S/c1-16(15-31-22-6-4-3-5-21(22)24)25-23(27)17-7-13-20(14-8-17)32(28,29)26-18-9-11-19(30-2)12-10-18/h3-14,16,26H,15H2,1-2H3,(H,25,27). The van der Waals surface area contributed by atoms with Gasteiger partial charge in [0.25, 0.3) is 15.9 Å². The third-order valence-electron chi connectivity index (χ3n) is 4.47. The number of rotatable bonds is 9. The lowest BCUT2D eigenvalue weighted by Gasteiger charge is -2.15. The zero-order valence-corrected chi connectivity index (χ0v) is 18.4. The lowest BCUT2D eigenvalue weighted by atomic mass is 10.2. The average molecular weight is 459 g/mol. The van der Waals surface area contributed by atoms with E-state index in [0.29, 0.717) is 11.4 Å². The van der Waals surface area contributed by atoms with E-state index in [1.165, 1.54) is 43.5 Å². The van der Waals surface area contributed by atoms with Crippen LogP contribution in [0.25, 0.3) is 0 Å². The van der Waals surface area contributed by atoms with Crippen molar-refractivity contribution in [1.29, 1.82) is 0 Å². The van der Waals surface area contributed by atoms with E-state index in [1.54, 1.807) is 43.3 Å². The van der Waals surface area contributed by atoms with Crippen molar-refractivity contribution in [3.63, 3.8) is 0 Å². The third kappa shape index (κ3) is 5.98. The Kier molecular flexibility index (Phi) is 7.32. The van der Waals surface area contributed by atoms with Crippen molar-refractivity contribution >= 4 is 21.6 Å². The maximum atomic E-state index is 13.6. The largest absolute Gasteiger partial charge is 0.497 e. The molecule has 0 spiro atoms. The van der Waals surface area contributed by atoms with Gasteiger partial charge in [0.1, 0.15) is 12.4 Å². The van der Waals surface area contributed by atoms with Crippen LogP contribution in [0.2, 0.25) is 0 Å². The molecule has 1 atom stereocenters. The lowest BCUT2D eigenvalue weighted by molar-refractivity contribution is 0.0926. The van der Waals surface area contributed by atoms with Crippen molar-refractivity contribution in [2.45, 2.75) is 17.9 Å². The van der Waals surface area contributed by atoms with E-state index in [-0.39, 0.29) is 22.8 Å². The normalized spacial score (nSPS) is 12.0. The molecule has 3 rings (SSSR count). The number of sulfonamides is 1. The van der Waals surface area contributed by atoms with E-state index in [0.717, 1.165) is 0 Å². The second-order valence-electron chi connectivity index (χ2n) is 6.97. The summed E-state index contributed by atoms with van der Waals surface area (Å²) >= 11 is 0. The van der Waals surface area contributed by atoms with Crippen LogP contribution >= 0.6 is 0 Å². The molecule has 0 bridgehead atoms. The average Bonchev–Trinajstić information content (AvgIpc) is 2.79. The SMILES string of the molecule is COc1ccc(NS(=O)(=O)c2ccc(C(=O)NC(C)COc3ccccc3F)cc2)cc1. The van der Waals surface area contributed by atoms with Crippen molar-refractivity contribution in [2.24, 2.45) is 0 Å². The van der Waals surface area contributed by atoms with Crippen molar-refractivity contribution in [1.82, 2.24) is 5.32 Å². The smallest absolute Gasteiger partial charge is 0.261 e. The summed E-state index contributed by atoms with van der Waals surface area (Å²) in [6, 6.07) is 17.6. The lowest BCUT2D eigenvalue weighted by Crippen LogP contribution is -2.36. The van der Waals surface area contributed by atoms with Crippen LogP contribution < -0.4 is 19.5 Å². The van der Waals surface area contributed by atoms with Gasteiger partial charge in [0.2, 0.25) is 0 Å². The van der Waals surface area contributed by atoms with Crippen LogP contribution in [0.3, 0.4) is 0 Å². The predicted molar refractivity (Wildman–Crippen MR) is 119 cm³/mol. The second-order valence-corrected chi connectivity index (χ2v) is 8.66. The van der Waals surface area contributed by atoms with E-state index in [2.05, 4.69) is 10.0 Å². The molecule has 0 saturated heterocycles. The quantitative estimate of drug-likeness (QED) is 0.508. The summed E-state index contributed by atoms with van der Waals surface area (Å²) in [6.07, 6.45) is 0. The summed E-state index contributed by atoms with van der Waals surface area (Å²) in [5.41, 5.74) is 0.669. The highest BCUT2D eigenvalue weighted by Gasteiger charge is 2.16. The van der Waals surface area contributed by atoms with Gasteiger partial charge in [-0.15, -0.1) is 0 Å². The summed E-state index contributed by atoms with van der Waals surface area (Å²) in [4.78, 5) is 12.4. The number of methoxy groups -OCH3 is 1. The Morgan fingerprint density at radius 3 is 2.28 bits per heavy atom. The molecule has 0 saturated carbocycles. The van der Waals surface area contributed by atoms with Gasteiger partial charge >= 0.3 is 0 Å². The van der Waals surface area contributed by atoms with Crippen LogP contribution in [0.4, 0.5) is 10.1 Å². The minimum absolute atomic E-state index is 0.0146. The topological polar surface area (TPSA) is 93.7 Å². The molecule has 1 unspecified atom stereocenters. The first-order valence-electron chi connectivity index (χ1n) is 9.73. The van der Waals surface area contributed by atoms with Crippen molar-refractivity contribution in [3.8, 4) is 11.5 Å². The Morgan fingerprint density at radius 1 is 1.00 bits per heavy atom. The van der Waals surface area contributed by atoms with Crippen molar-refractivity contribution in [2.75, 3.05) is 18.4 Å². The summed E-state index contributed by atoms with van der Waals surface area (Å²) < 4.78 is 51.7. The first-order chi connectivity index (χ1) is 15.3. The molecule has 9 heteroatoms. The van der Waals surface area contributed by atoms with Gasteiger partial charge in [-0.3, -0.25) is 9.52 Å². The Bertz CT molecular complexity index is 1170. The van der Waals surface area contributed by atoms with E-state index in [4.69, 9.17) is 9.47 Å². The number of anilines is 1. The molecule has 3 aromatic carbocycles. The third-order valence-corrected chi connectivity index (χ3v) is 5.87. The highest BCUT2D eigenvalue weighted by Crippen LogP contribution is 2.20. The molecule has 0 fully saturated rings. The maximum absolute atomic E-state index is 13.6. The van der Waals surface area contributed by atoms with E-state index in [1.807, 2.05) is 0 Å². The Labute approximate surface area is 186 Å². The van der Waals surface area contributed by atoms with E-state index < -0.39 is 27.8 Å². The highest BCUT2D eigenvalue weighted by atomic mass is 32.2. The van der Waals surface area contributed by atoms with Crippen molar-refractivity contribution in [3.05, 3.63) is 84.2 Å². The fraction of sp³-hybridized carbons (Fsp3) is 0.174. The summed E-state index contributed by atoms with van der Waals surface area (Å²) in [6.45, 7) is 1.79. The monoisotopic (exact) mass is 458 g/mol. The number of carbonyl (C=O) groups excluding carboxylic acids is 1. The number of amides is 1. The minimum Gasteiger partial charge on any atom is -0.497 e. The minimum atomic E-state index is -3.82. The van der Waals surface area contributed by atoms with Gasteiger partial charge in [0.15, 0.2) is 11.6 Å². The first-order valence-corrected chi connectivity index (χ1v) is 11.2. The van der Waals surface area contributed by atoms with Crippen LogP contribution in [0.15, 0.2) is 77.7 Å². The number of hydrogen-bond acceptors (Lipinski definition) is 5. The van der Waals surface area contributed by atoms with Crippen molar-refractivity contribution < 1.29 is 27.1 Å². The van der Waals surface area contributed by atoms with Gasteiger partial charge in [0, 0.05) is 11.3 Å². The molecule has 7 nitrogen and oxygen atoms in total. The molecule has 3 aromatic rings. The number of hydrogen-bond donors (Lipinski definition) is 2. The van der Waals surface area contributed by atoms with E-state index >= 15 is 0 Å². The predicted octanol–water partition coefficient (Wildman–Crippen LogP) is 3.83. The Morgan fingerprint density at radius 2 is 1.66 bits per heavy atom. The zero-order valence-electron chi connectivity index (χ0n) is 17.5. The molecule has 168 valence electrons. The number of nitrogens with one attached hydrogen (secondary N) is 2. The fourth-order valence-corrected chi connectivity index (χ4v) is 3.84. The maximum Gasteiger partial charge on any atom is 0.261 e. The Balaban J connectivity index is 1.58. The van der Waals surface area contributed by atoms with Gasteiger partial charge < -0.3 is 14.8 Å². The number of carbonyl (C=O) groups is 1. The number of benzene rings is 3. The fourth-order valence-electron chi connectivity index (χ4n) is 2.78. The molecule has 0 heterocycles. The first kappa shape index (κ1) is 23.1. The summed E-state index contributed by atoms with van der Waals surface area (Å²) in [5, 5.41) is 2.73. The number of ether oxygens (including phenoxy) is 2. The van der Waals surface area contributed by atoms with Gasteiger partial charge in [-0.1, -0.05) is 12.1 Å². The number of halogens is 1. The molecule has 1 amide bonds. The van der Waals surface area contributed by atoms with Crippen LogP contribution in [0.5, 0.6) is 11.5 Å². The molecule has 0 aromatic heterocycles. The number of para-hydroxylation sites is 1. The van der Waals surface area contributed by atoms with Gasteiger partial charge in [-0.25, -0.2) is 12.8 Å². The van der Waals surface area contributed by atoms with Crippen LogP contribution in [0, 0.1) is 5.82 Å². The molecule has 0 radical (unpaired) electrons. The molecular weight excluding hydrogens is 435 g/mol. The van der Waals surface area contributed by atoms with Gasteiger partial charge in [-0.05, 0) is 67.6 Å². The van der Waals surface area contributed by atoms with Crippen LogP contribution in [-0.2, 0) is 10.0 Å². The Hall–Kier alpha value is -3.59. The zero-order chi connectivity index (χ0) is 23.1. The molecule has 0 aliphatic heterocycles. The second kappa shape index (κ2) is 10.1. The van der Waals surface area contributed by atoms with Gasteiger partial charge in [-0.2, -0.15) is 0 Å². The van der Waals surface area contributed by atoms with Gasteiger partial charge in [0.05, 0.1) is 18.0 Å². The highest BCUT2D eigenvalue weighted by molar-refractivity contribution is 7.92. The van der Waals surface area contributed by atoms with E-state index in [9.17, 15) is 17.6 Å². The summed E-state index contributed by atoms with van der Waals surface area (Å²) in [5.74, 6) is -0.169. The molecule has 32 heavy (non-hydrogen) atoms. The molecular formula is C23H23FN2O5S. The molecule has 0 aliphatic rings. The van der Waals surface area contributed by atoms with Crippen LogP contribution in [-0.4, -0.2) is 34.1 Å². The molecule has 2 N–H and O–H groups in total. The molecule has 0 aliphatic carbocycles. The van der Waals surface area contributed by atoms with Crippen LogP contribution in [0.1, 0.15) is 17.3 Å². The summed E-state index contributed by atoms with van der Waals surface area (Å²) in [7, 11) is -2.30.